The third kappa shape index (κ3) is 1.91. The minimum absolute atomic E-state index is 0.0209. The standard InChI is InChI=1S/C10H18N2O/c1-4-5-9(13)12-8-6-7(11)10(8,2)3/h4-5,7-8H,6,11H2,1-3H3,(H,12,13)/b5-4+. The Hall–Kier alpha value is -0.830. The van der Waals surface area contributed by atoms with Crippen molar-refractivity contribution in [1.29, 1.82) is 0 Å². The minimum atomic E-state index is -0.0209. The van der Waals surface area contributed by atoms with Gasteiger partial charge in [-0.25, -0.2) is 0 Å². The molecule has 0 aliphatic heterocycles. The van der Waals surface area contributed by atoms with Crippen LogP contribution in [0.2, 0.25) is 0 Å². The van der Waals surface area contributed by atoms with Crippen LogP contribution < -0.4 is 11.1 Å². The summed E-state index contributed by atoms with van der Waals surface area (Å²) in [6.45, 7) is 6.00. The number of carbonyl (C=O) groups excluding carboxylic acids is 1. The molecular weight excluding hydrogens is 164 g/mol. The Bertz CT molecular complexity index is 233. The monoisotopic (exact) mass is 182 g/mol. The summed E-state index contributed by atoms with van der Waals surface area (Å²) in [7, 11) is 0. The SMILES string of the molecule is C/C=C/C(=O)NC1CC(N)C1(C)C. The summed E-state index contributed by atoms with van der Waals surface area (Å²) in [5.74, 6) is -0.0209. The minimum Gasteiger partial charge on any atom is -0.349 e. The van der Waals surface area contributed by atoms with Crippen molar-refractivity contribution in [3.8, 4) is 0 Å². The number of nitrogens with two attached hydrogens (primary N) is 1. The van der Waals surface area contributed by atoms with E-state index >= 15 is 0 Å². The predicted molar refractivity (Wildman–Crippen MR) is 53.1 cm³/mol. The molecular formula is C10H18N2O. The Morgan fingerprint density at radius 2 is 2.23 bits per heavy atom. The molecule has 0 spiro atoms. The Labute approximate surface area is 79.4 Å². The molecule has 1 saturated carbocycles. The van der Waals surface area contributed by atoms with E-state index in [0.717, 1.165) is 6.42 Å². The van der Waals surface area contributed by atoms with Crippen molar-refractivity contribution in [3.05, 3.63) is 12.2 Å². The van der Waals surface area contributed by atoms with Gasteiger partial charge in [-0.3, -0.25) is 4.79 Å². The number of allylic oxidation sites excluding steroid dienone is 1. The molecule has 1 rings (SSSR count). The first-order valence-corrected chi connectivity index (χ1v) is 4.67. The highest BCUT2D eigenvalue weighted by Gasteiger charge is 2.46. The zero-order valence-electron chi connectivity index (χ0n) is 8.50. The molecule has 3 nitrogen and oxygen atoms in total. The second-order valence-electron chi connectivity index (χ2n) is 4.22. The molecule has 2 atom stereocenters. The Morgan fingerprint density at radius 1 is 1.62 bits per heavy atom. The van der Waals surface area contributed by atoms with Gasteiger partial charge in [0.1, 0.15) is 0 Å². The maximum absolute atomic E-state index is 11.2. The van der Waals surface area contributed by atoms with Gasteiger partial charge in [-0.15, -0.1) is 0 Å². The van der Waals surface area contributed by atoms with Crippen molar-refractivity contribution < 1.29 is 4.79 Å². The van der Waals surface area contributed by atoms with Crippen molar-refractivity contribution in [3.63, 3.8) is 0 Å². The average Bonchev–Trinajstić information content (AvgIpc) is 2.04. The molecule has 0 aromatic heterocycles. The predicted octanol–water partition coefficient (Wildman–Crippen LogP) is 0.804. The van der Waals surface area contributed by atoms with Crippen LogP contribution in [0.3, 0.4) is 0 Å². The number of hydrogen-bond donors (Lipinski definition) is 2. The highest BCUT2D eigenvalue weighted by molar-refractivity contribution is 5.87. The number of amides is 1. The van der Waals surface area contributed by atoms with Crippen LogP contribution in [0.25, 0.3) is 0 Å². The van der Waals surface area contributed by atoms with Gasteiger partial charge in [-0.1, -0.05) is 19.9 Å². The molecule has 0 heterocycles. The highest BCUT2D eigenvalue weighted by atomic mass is 16.1. The first kappa shape index (κ1) is 10.3. The Kier molecular flexibility index (Phi) is 2.76. The summed E-state index contributed by atoms with van der Waals surface area (Å²) < 4.78 is 0. The van der Waals surface area contributed by atoms with Crippen LogP contribution in [-0.2, 0) is 4.79 Å². The summed E-state index contributed by atoms with van der Waals surface area (Å²) in [4.78, 5) is 11.2. The van der Waals surface area contributed by atoms with Gasteiger partial charge in [0.15, 0.2) is 0 Å². The Balaban J connectivity index is 2.45. The van der Waals surface area contributed by atoms with Crippen LogP contribution in [0.1, 0.15) is 27.2 Å². The first-order valence-electron chi connectivity index (χ1n) is 4.67. The normalized spacial score (nSPS) is 31.4. The third-order valence-electron chi connectivity index (χ3n) is 2.98. The van der Waals surface area contributed by atoms with E-state index < -0.39 is 0 Å². The van der Waals surface area contributed by atoms with Gasteiger partial charge < -0.3 is 11.1 Å². The van der Waals surface area contributed by atoms with E-state index in [0.29, 0.717) is 0 Å². The lowest BCUT2D eigenvalue weighted by molar-refractivity contribution is -0.119. The fraction of sp³-hybridized carbons (Fsp3) is 0.700. The van der Waals surface area contributed by atoms with Gasteiger partial charge in [0.2, 0.25) is 5.91 Å². The molecule has 1 aliphatic carbocycles. The average molecular weight is 182 g/mol. The second-order valence-corrected chi connectivity index (χ2v) is 4.22. The van der Waals surface area contributed by atoms with Crippen molar-refractivity contribution in [2.75, 3.05) is 0 Å². The molecule has 0 bridgehead atoms. The van der Waals surface area contributed by atoms with Gasteiger partial charge in [0.05, 0.1) is 0 Å². The first-order chi connectivity index (χ1) is 5.98. The lowest BCUT2D eigenvalue weighted by Gasteiger charge is -2.50. The van der Waals surface area contributed by atoms with Gasteiger partial charge in [-0.2, -0.15) is 0 Å². The molecule has 1 aliphatic rings. The Morgan fingerprint density at radius 3 is 2.62 bits per heavy atom. The van der Waals surface area contributed by atoms with E-state index in [4.69, 9.17) is 5.73 Å². The van der Waals surface area contributed by atoms with Crippen LogP contribution in [0, 0.1) is 5.41 Å². The molecule has 3 heteroatoms. The van der Waals surface area contributed by atoms with Crippen LogP contribution in [0.5, 0.6) is 0 Å². The number of nitrogens with one attached hydrogen (secondary N) is 1. The van der Waals surface area contributed by atoms with Crippen molar-refractivity contribution in [1.82, 2.24) is 5.32 Å². The van der Waals surface area contributed by atoms with Gasteiger partial charge in [-0.05, 0) is 19.4 Å². The fourth-order valence-electron chi connectivity index (χ4n) is 1.58. The molecule has 0 radical (unpaired) electrons. The molecule has 1 fully saturated rings. The van der Waals surface area contributed by atoms with Crippen LogP contribution >= 0.6 is 0 Å². The van der Waals surface area contributed by atoms with E-state index in [-0.39, 0.29) is 23.4 Å². The molecule has 1 amide bonds. The zero-order chi connectivity index (χ0) is 10.1. The molecule has 13 heavy (non-hydrogen) atoms. The van der Waals surface area contributed by atoms with Crippen molar-refractivity contribution in [2.24, 2.45) is 11.1 Å². The lowest BCUT2D eigenvalue weighted by atomic mass is 9.63. The molecule has 0 aromatic rings. The molecule has 74 valence electrons. The molecule has 2 unspecified atom stereocenters. The van der Waals surface area contributed by atoms with Crippen LogP contribution in [0.15, 0.2) is 12.2 Å². The second kappa shape index (κ2) is 3.50. The van der Waals surface area contributed by atoms with Crippen LogP contribution in [0.4, 0.5) is 0 Å². The number of carbonyl (C=O) groups is 1. The topological polar surface area (TPSA) is 55.1 Å². The summed E-state index contributed by atoms with van der Waals surface area (Å²) >= 11 is 0. The third-order valence-corrected chi connectivity index (χ3v) is 2.98. The largest absolute Gasteiger partial charge is 0.349 e. The maximum Gasteiger partial charge on any atom is 0.243 e. The van der Waals surface area contributed by atoms with E-state index in [9.17, 15) is 4.79 Å². The maximum atomic E-state index is 11.2. The summed E-state index contributed by atoms with van der Waals surface area (Å²) in [5, 5.41) is 2.93. The van der Waals surface area contributed by atoms with E-state index in [1.54, 1.807) is 12.2 Å². The summed E-state index contributed by atoms with van der Waals surface area (Å²) in [5.41, 5.74) is 5.87. The number of hydrogen-bond acceptors (Lipinski definition) is 2. The zero-order valence-corrected chi connectivity index (χ0v) is 8.50. The molecule has 0 saturated heterocycles. The van der Waals surface area contributed by atoms with Gasteiger partial charge in [0.25, 0.3) is 0 Å². The smallest absolute Gasteiger partial charge is 0.243 e. The van der Waals surface area contributed by atoms with E-state index in [1.807, 2.05) is 6.92 Å². The van der Waals surface area contributed by atoms with E-state index in [2.05, 4.69) is 19.2 Å². The van der Waals surface area contributed by atoms with Crippen LogP contribution in [-0.4, -0.2) is 18.0 Å². The number of rotatable bonds is 2. The van der Waals surface area contributed by atoms with Gasteiger partial charge in [0, 0.05) is 17.5 Å². The van der Waals surface area contributed by atoms with Crippen molar-refractivity contribution in [2.45, 2.75) is 39.3 Å². The molecule has 3 N–H and O–H groups in total. The van der Waals surface area contributed by atoms with E-state index in [1.165, 1.54) is 0 Å². The van der Waals surface area contributed by atoms with Crippen molar-refractivity contribution >= 4 is 5.91 Å². The lowest BCUT2D eigenvalue weighted by Crippen LogP contribution is -2.64. The highest BCUT2D eigenvalue weighted by Crippen LogP contribution is 2.38. The summed E-state index contributed by atoms with van der Waals surface area (Å²) in [6.07, 6.45) is 4.16. The van der Waals surface area contributed by atoms with Gasteiger partial charge >= 0.3 is 0 Å². The fourth-order valence-corrected chi connectivity index (χ4v) is 1.58. The quantitative estimate of drug-likeness (QED) is 0.621. The summed E-state index contributed by atoms with van der Waals surface area (Å²) in [6, 6.07) is 0.439. The molecule has 0 aromatic carbocycles.